The summed E-state index contributed by atoms with van der Waals surface area (Å²) in [4.78, 5) is 10.4. The molecule has 16 heavy (non-hydrogen) atoms. The minimum atomic E-state index is -0.0272. The molecule has 0 aromatic carbocycles. The Balaban J connectivity index is 2.79. The van der Waals surface area contributed by atoms with E-state index in [9.17, 15) is 0 Å². The van der Waals surface area contributed by atoms with Crippen LogP contribution in [-0.2, 0) is 0 Å². The molecule has 1 aromatic heterocycles. The van der Waals surface area contributed by atoms with Gasteiger partial charge in [-0.1, -0.05) is 20.3 Å². The highest BCUT2D eigenvalue weighted by atomic mass is 15.2. The molecule has 0 fully saturated rings. The van der Waals surface area contributed by atoms with Gasteiger partial charge in [0.15, 0.2) is 0 Å². The molecule has 0 bridgehead atoms. The van der Waals surface area contributed by atoms with Crippen LogP contribution in [0.3, 0.4) is 0 Å². The van der Waals surface area contributed by atoms with Gasteiger partial charge in [0, 0.05) is 19.8 Å². The summed E-state index contributed by atoms with van der Waals surface area (Å²) >= 11 is 0. The number of hydrogen-bond acceptors (Lipinski definition) is 4. The predicted molar refractivity (Wildman–Crippen MR) is 65.8 cm³/mol. The van der Waals surface area contributed by atoms with E-state index < -0.39 is 0 Å². The molecule has 5 heteroatoms. The maximum absolute atomic E-state index is 7.32. The molecule has 1 unspecified atom stereocenters. The molecule has 1 atom stereocenters. The van der Waals surface area contributed by atoms with Crippen molar-refractivity contribution in [1.82, 2.24) is 9.97 Å². The van der Waals surface area contributed by atoms with E-state index in [1.165, 1.54) is 0 Å². The molecular weight excluding hydrogens is 202 g/mol. The number of anilines is 1. The fraction of sp³-hybridized carbons (Fsp3) is 0.545. The van der Waals surface area contributed by atoms with E-state index in [4.69, 9.17) is 11.1 Å². The molecular formula is C11H19N5. The average Bonchev–Trinajstić information content (AvgIpc) is 2.28. The van der Waals surface area contributed by atoms with Gasteiger partial charge in [-0.25, -0.2) is 9.97 Å². The molecule has 1 aromatic rings. The minimum Gasteiger partial charge on any atom is -0.382 e. The minimum absolute atomic E-state index is 0.0272. The van der Waals surface area contributed by atoms with Gasteiger partial charge in [-0.15, -0.1) is 0 Å². The van der Waals surface area contributed by atoms with E-state index in [0.717, 1.165) is 13.0 Å². The molecule has 0 radical (unpaired) electrons. The molecule has 0 aliphatic rings. The summed E-state index contributed by atoms with van der Waals surface area (Å²) in [6.07, 6.45) is 2.75. The number of nitrogens with one attached hydrogen (secondary N) is 1. The van der Waals surface area contributed by atoms with Crippen LogP contribution in [0.4, 0.5) is 5.95 Å². The van der Waals surface area contributed by atoms with Gasteiger partial charge < -0.3 is 10.6 Å². The highest BCUT2D eigenvalue weighted by Gasteiger charge is 2.09. The molecule has 0 aliphatic carbocycles. The Bertz CT molecular complexity index is 363. The van der Waals surface area contributed by atoms with Crippen molar-refractivity contribution >= 4 is 11.8 Å². The SMILES string of the molecule is CCC(C)CN(C)c1nccc(C(=N)N)n1. The first-order valence-electron chi connectivity index (χ1n) is 5.43. The van der Waals surface area contributed by atoms with Crippen LogP contribution in [0, 0.1) is 11.3 Å². The molecule has 1 heterocycles. The Morgan fingerprint density at radius 2 is 2.31 bits per heavy atom. The van der Waals surface area contributed by atoms with Gasteiger partial charge in [0.1, 0.15) is 11.5 Å². The van der Waals surface area contributed by atoms with Crippen LogP contribution in [0.5, 0.6) is 0 Å². The van der Waals surface area contributed by atoms with Gasteiger partial charge in [0.05, 0.1) is 0 Å². The normalized spacial score (nSPS) is 12.2. The van der Waals surface area contributed by atoms with E-state index in [0.29, 0.717) is 17.6 Å². The highest BCUT2D eigenvalue weighted by molar-refractivity contribution is 5.93. The van der Waals surface area contributed by atoms with Crippen molar-refractivity contribution in [2.45, 2.75) is 20.3 Å². The maximum Gasteiger partial charge on any atom is 0.225 e. The maximum atomic E-state index is 7.32. The lowest BCUT2D eigenvalue weighted by molar-refractivity contribution is 0.555. The topological polar surface area (TPSA) is 78.9 Å². The number of aromatic nitrogens is 2. The van der Waals surface area contributed by atoms with Crippen molar-refractivity contribution in [3.05, 3.63) is 18.0 Å². The van der Waals surface area contributed by atoms with Crippen molar-refractivity contribution in [2.24, 2.45) is 11.7 Å². The van der Waals surface area contributed by atoms with Crippen molar-refractivity contribution in [1.29, 1.82) is 5.41 Å². The Kier molecular flexibility index (Phi) is 4.22. The lowest BCUT2D eigenvalue weighted by atomic mass is 10.1. The van der Waals surface area contributed by atoms with Crippen LogP contribution in [0.15, 0.2) is 12.3 Å². The van der Waals surface area contributed by atoms with E-state index >= 15 is 0 Å². The fourth-order valence-electron chi connectivity index (χ4n) is 1.36. The van der Waals surface area contributed by atoms with Crippen LogP contribution in [0.25, 0.3) is 0 Å². The second-order valence-corrected chi connectivity index (χ2v) is 4.05. The van der Waals surface area contributed by atoms with Crippen LogP contribution >= 0.6 is 0 Å². The predicted octanol–water partition coefficient (Wildman–Crippen LogP) is 1.24. The number of nitrogens with two attached hydrogens (primary N) is 1. The van der Waals surface area contributed by atoms with Crippen molar-refractivity contribution in [3.63, 3.8) is 0 Å². The lowest BCUT2D eigenvalue weighted by Gasteiger charge is -2.20. The van der Waals surface area contributed by atoms with Crippen molar-refractivity contribution in [2.75, 3.05) is 18.5 Å². The van der Waals surface area contributed by atoms with Crippen LogP contribution in [0.2, 0.25) is 0 Å². The molecule has 0 aliphatic heterocycles. The Morgan fingerprint density at radius 1 is 1.62 bits per heavy atom. The average molecular weight is 221 g/mol. The van der Waals surface area contributed by atoms with Gasteiger partial charge in [-0.3, -0.25) is 5.41 Å². The summed E-state index contributed by atoms with van der Waals surface area (Å²) in [6.45, 7) is 5.24. The molecule has 3 N–H and O–H groups in total. The van der Waals surface area contributed by atoms with Crippen molar-refractivity contribution < 1.29 is 0 Å². The number of hydrogen-bond donors (Lipinski definition) is 2. The quantitative estimate of drug-likeness (QED) is 0.579. The summed E-state index contributed by atoms with van der Waals surface area (Å²) in [5, 5.41) is 7.32. The number of nitrogens with zero attached hydrogens (tertiary/aromatic N) is 3. The number of rotatable bonds is 5. The van der Waals surface area contributed by atoms with Crippen LogP contribution < -0.4 is 10.6 Å². The molecule has 1 rings (SSSR count). The largest absolute Gasteiger partial charge is 0.382 e. The molecule has 0 amide bonds. The van der Waals surface area contributed by atoms with Gasteiger partial charge in [-0.2, -0.15) is 0 Å². The Hall–Kier alpha value is -1.65. The van der Waals surface area contributed by atoms with Gasteiger partial charge in [0.2, 0.25) is 5.95 Å². The zero-order valence-electron chi connectivity index (χ0n) is 10.1. The van der Waals surface area contributed by atoms with E-state index in [-0.39, 0.29) is 5.84 Å². The number of nitrogen functional groups attached to an aromatic ring is 1. The smallest absolute Gasteiger partial charge is 0.225 e. The van der Waals surface area contributed by atoms with Gasteiger partial charge in [0.25, 0.3) is 0 Å². The van der Waals surface area contributed by atoms with Gasteiger partial charge >= 0.3 is 0 Å². The fourth-order valence-corrected chi connectivity index (χ4v) is 1.36. The highest BCUT2D eigenvalue weighted by Crippen LogP contribution is 2.09. The van der Waals surface area contributed by atoms with Crippen LogP contribution in [0.1, 0.15) is 26.0 Å². The molecule has 0 saturated heterocycles. The molecule has 88 valence electrons. The summed E-state index contributed by atoms with van der Waals surface area (Å²) in [7, 11) is 1.95. The lowest BCUT2D eigenvalue weighted by Crippen LogP contribution is -2.26. The van der Waals surface area contributed by atoms with Crippen molar-refractivity contribution in [3.8, 4) is 0 Å². The summed E-state index contributed by atoms with van der Waals surface area (Å²) in [5.74, 6) is 1.18. The van der Waals surface area contributed by atoms with Gasteiger partial charge in [-0.05, 0) is 12.0 Å². The second-order valence-electron chi connectivity index (χ2n) is 4.05. The third kappa shape index (κ3) is 3.18. The zero-order chi connectivity index (χ0) is 12.1. The third-order valence-corrected chi connectivity index (χ3v) is 2.54. The molecule has 0 spiro atoms. The summed E-state index contributed by atoms with van der Waals surface area (Å²) < 4.78 is 0. The van der Waals surface area contributed by atoms with E-state index in [1.54, 1.807) is 12.3 Å². The van der Waals surface area contributed by atoms with Crippen LogP contribution in [-0.4, -0.2) is 29.4 Å². The standard InChI is InChI=1S/C11H19N5/c1-4-8(2)7-16(3)11-14-6-5-9(15-11)10(12)13/h5-6,8H,4,7H2,1-3H3,(H3,12,13). The molecule has 5 nitrogen and oxygen atoms in total. The number of amidine groups is 1. The first kappa shape index (κ1) is 12.4. The first-order valence-corrected chi connectivity index (χ1v) is 5.43. The molecule has 0 saturated carbocycles. The van der Waals surface area contributed by atoms with E-state index in [2.05, 4.69) is 23.8 Å². The third-order valence-electron chi connectivity index (χ3n) is 2.54. The monoisotopic (exact) mass is 221 g/mol. The second kappa shape index (κ2) is 5.44. The Morgan fingerprint density at radius 3 is 2.88 bits per heavy atom. The summed E-state index contributed by atoms with van der Waals surface area (Å²) in [6, 6.07) is 1.64. The zero-order valence-corrected chi connectivity index (χ0v) is 10.1. The van der Waals surface area contributed by atoms with E-state index in [1.807, 2.05) is 11.9 Å². The Labute approximate surface area is 96.2 Å². The first-order chi connectivity index (χ1) is 7.54. The summed E-state index contributed by atoms with van der Waals surface area (Å²) in [5.41, 5.74) is 5.86.